The number of aliphatic imine (C=N–C) groups is 1. The van der Waals surface area contributed by atoms with Gasteiger partial charge in [0, 0.05) is 21.8 Å². The average Bonchev–Trinajstić information content (AvgIpc) is 3.00. The molecule has 2 aromatic carbocycles. The Kier molecular flexibility index (Phi) is 4.64. The van der Waals surface area contributed by atoms with Crippen molar-refractivity contribution in [1.29, 1.82) is 0 Å². The summed E-state index contributed by atoms with van der Waals surface area (Å²) in [5.41, 5.74) is 5.27. The molecule has 26 heavy (non-hydrogen) atoms. The second-order valence-electron chi connectivity index (χ2n) is 6.64. The molecule has 1 aliphatic rings. The number of benzene rings is 2. The van der Waals surface area contributed by atoms with Gasteiger partial charge >= 0.3 is 5.97 Å². The van der Waals surface area contributed by atoms with E-state index in [1.165, 1.54) is 5.56 Å². The van der Waals surface area contributed by atoms with Gasteiger partial charge in [-0.2, -0.15) is 0 Å². The first-order valence-corrected chi connectivity index (χ1v) is 9.55. The fourth-order valence-electron chi connectivity index (χ4n) is 3.61. The zero-order chi connectivity index (χ0) is 18.1. The van der Waals surface area contributed by atoms with E-state index in [0.717, 1.165) is 51.6 Å². The van der Waals surface area contributed by atoms with Gasteiger partial charge in [-0.1, -0.05) is 46.3 Å². The summed E-state index contributed by atoms with van der Waals surface area (Å²) in [4.78, 5) is 19.6. The number of carboxylic acids is 1. The van der Waals surface area contributed by atoms with Crippen LogP contribution in [0.4, 0.5) is 0 Å². The summed E-state index contributed by atoms with van der Waals surface area (Å²) in [6.45, 7) is 0. The lowest BCUT2D eigenvalue weighted by atomic mass is 9.94. The molecule has 2 N–H and O–H groups in total. The van der Waals surface area contributed by atoms with Crippen molar-refractivity contribution >= 4 is 38.5 Å². The van der Waals surface area contributed by atoms with E-state index in [1.54, 1.807) is 0 Å². The molecule has 0 saturated carbocycles. The molecular formula is C21H19BrN2O2. The number of hydrogen-bond donors (Lipinski definition) is 2. The lowest BCUT2D eigenvalue weighted by Crippen LogP contribution is -2.27. The topological polar surface area (TPSA) is 65.4 Å². The Hall–Kier alpha value is -2.40. The molecule has 0 aliphatic carbocycles. The van der Waals surface area contributed by atoms with Gasteiger partial charge in [-0.05, 0) is 48.6 Å². The molecule has 0 amide bonds. The molecule has 5 heteroatoms. The Bertz CT molecular complexity index is 992. The molecule has 2 heterocycles. The van der Waals surface area contributed by atoms with Crippen molar-refractivity contribution in [2.75, 3.05) is 0 Å². The fourth-order valence-corrected chi connectivity index (χ4v) is 3.97. The van der Waals surface area contributed by atoms with E-state index in [1.807, 2.05) is 30.3 Å². The SMILES string of the molecule is O=C(O)C1Cc2c([nH]c3ccc(Br)cc23)C(CCCc2ccccc2)=N1. The van der Waals surface area contributed by atoms with E-state index in [4.69, 9.17) is 0 Å². The first-order chi connectivity index (χ1) is 12.6. The fraction of sp³-hybridized carbons (Fsp3) is 0.238. The van der Waals surface area contributed by atoms with E-state index in [0.29, 0.717) is 6.42 Å². The number of aromatic amines is 1. The van der Waals surface area contributed by atoms with Crippen molar-refractivity contribution in [3.05, 3.63) is 69.8 Å². The normalized spacial score (nSPS) is 16.3. The first-order valence-electron chi connectivity index (χ1n) is 8.75. The van der Waals surface area contributed by atoms with Crippen LogP contribution in [0, 0.1) is 0 Å². The number of fused-ring (bicyclic) bond motifs is 3. The molecule has 1 atom stereocenters. The maximum atomic E-state index is 11.6. The van der Waals surface area contributed by atoms with E-state index in [2.05, 4.69) is 44.1 Å². The van der Waals surface area contributed by atoms with Crippen LogP contribution in [0.5, 0.6) is 0 Å². The van der Waals surface area contributed by atoms with Gasteiger partial charge in [0.2, 0.25) is 0 Å². The van der Waals surface area contributed by atoms with E-state index >= 15 is 0 Å². The van der Waals surface area contributed by atoms with Crippen molar-refractivity contribution < 1.29 is 9.90 Å². The van der Waals surface area contributed by atoms with Gasteiger partial charge < -0.3 is 10.1 Å². The second kappa shape index (κ2) is 7.08. The highest BCUT2D eigenvalue weighted by Gasteiger charge is 2.28. The maximum Gasteiger partial charge on any atom is 0.328 e. The number of aliphatic carboxylic acids is 1. The summed E-state index contributed by atoms with van der Waals surface area (Å²) in [5.74, 6) is -0.861. The van der Waals surface area contributed by atoms with Crippen LogP contribution in [0.2, 0.25) is 0 Å². The number of H-pyrrole nitrogens is 1. The highest BCUT2D eigenvalue weighted by atomic mass is 79.9. The van der Waals surface area contributed by atoms with E-state index < -0.39 is 12.0 Å². The molecule has 0 spiro atoms. The van der Waals surface area contributed by atoms with E-state index in [-0.39, 0.29) is 0 Å². The predicted molar refractivity (Wildman–Crippen MR) is 107 cm³/mol. The summed E-state index contributed by atoms with van der Waals surface area (Å²) in [6.07, 6.45) is 3.09. The van der Waals surface area contributed by atoms with Crippen LogP contribution in [0.1, 0.15) is 29.7 Å². The van der Waals surface area contributed by atoms with Crippen LogP contribution in [-0.2, 0) is 17.6 Å². The number of carboxylic acid groups (broad SMARTS) is 1. The molecule has 4 rings (SSSR count). The predicted octanol–water partition coefficient (Wildman–Crippen LogP) is 4.75. The summed E-state index contributed by atoms with van der Waals surface area (Å²) in [7, 11) is 0. The number of rotatable bonds is 5. The van der Waals surface area contributed by atoms with Crippen molar-refractivity contribution in [3.63, 3.8) is 0 Å². The molecule has 0 fully saturated rings. The molecular weight excluding hydrogens is 392 g/mol. The molecule has 1 aliphatic heterocycles. The van der Waals surface area contributed by atoms with Crippen LogP contribution in [-0.4, -0.2) is 27.8 Å². The summed E-state index contributed by atoms with van der Waals surface area (Å²) < 4.78 is 0.992. The molecule has 1 unspecified atom stereocenters. The van der Waals surface area contributed by atoms with Crippen molar-refractivity contribution in [3.8, 4) is 0 Å². The molecule has 0 bridgehead atoms. The minimum Gasteiger partial charge on any atom is -0.480 e. The number of aromatic nitrogens is 1. The summed E-state index contributed by atoms with van der Waals surface area (Å²) in [5, 5.41) is 10.6. The zero-order valence-corrected chi connectivity index (χ0v) is 15.8. The molecule has 0 radical (unpaired) electrons. The standard InChI is InChI=1S/C21H19BrN2O2/c22-14-9-10-17-15(11-14)16-12-19(21(25)26)23-18(20(16)24-17)8-4-7-13-5-2-1-3-6-13/h1-3,5-6,9-11,19,24H,4,7-8,12H2,(H,25,26). The monoisotopic (exact) mass is 410 g/mol. The highest BCUT2D eigenvalue weighted by Crippen LogP contribution is 2.31. The lowest BCUT2D eigenvalue weighted by Gasteiger charge is -2.18. The van der Waals surface area contributed by atoms with Gasteiger partial charge in [-0.3, -0.25) is 4.99 Å². The molecule has 0 saturated heterocycles. The quantitative estimate of drug-likeness (QED) is 0.636. The summed E-state index contributed by atoms with van der Waals surface area (Å²) in [6, 6.07) is 15.7. The largest absolute Gasteiger partial charge is 0.480 e. The van der Waals surface area contributed by atoms with Gasteiger partial charge in [0.15, 0.2) is 6.04 Å². The van der Waals surface area contributed by atoms with Crippen LogP contribution < -0.4 is 0 Å². The minimum absolute atomic E-state index is 0.434. The third-order valence-electron chi connectivity index (χ3n) is 4.87. The molecule has 132 valence electrons. The molecule has 3 aromatic rings. The Labute approximate surface area is 160 Å². The third kappa shape index (κ3) is 3.31. The number of nitrogens with one attached hydrogen (secondary N) is 1. The zero-order valence-electron chi connectivity index (χ0n) is 14.2. The Balaban J connectivity index is 1.64. The number of aryl methyl sites for hydroxylation is 1. The van der Waals surface area contributed by atoms with Gasteiger partial charge in [0.1, 0.15) is 0 Å². The van der Waals surface area contributed by atoms with Crippen LogP contribution in [0.15, 0.2) is 58.0 Å². The van der Waals surface area contributed by atoms with Crippen molar-refractivity contribution in [1.82, 2.24) is 4.98 Å². The Morgan fingerprint density at radius 1 is 1.19 bits per heavy atom. The number of halogens is 1. The second-order valence-corrected chi connectivity index (χ2v) is 7.56. The number of nitrogens with zero attached hydrogens (tertiary/aromatic N) is 1. The van der Waals surface area contributed by atoms with Crippen LogP contribution >= 0.6 is 15.9 Å². The first kappa shape index (κ1) is 17.0. The average molecular weight is 411 g/mol. The smallest absolute Gasteiger partial charge is 0.328 e. The highest BCUT2D eigenvalue weighted by molar-refractivity contribution is 9.10. The Morgan fingerprint density at radius 2 is 2.00 bits per heavy atom. The number of hydrogen-bond acceptors (Lipinski definition) is 2. The molecule has 4 nitrogen and oxygen atoms in total. The lowest BCUT2D eigenvalue weighted by molar-refractivity contribution is -0.138. The molecule has 1 aromatic heterocycles. The third-order valence-corrected chi connectivity index (χ3v) is 5.37. The number of carbonyl (C=O) groups is 1. The van der Waals surface area contributed by atoms with Gasteiger partial charge in [0.05, 0.1) is 11.4 Å². The van der Waals surface area contributed by atoms with Crippen molar-refractivity contribution in [2.24, 2.45) is 4.99 Å². The Morgan fingerprint density at radius 3 is 2.77 bits per heavy atom. The van der Waals surface area contributed by atoms with Crippen LogP contribution in [0.25, 0.3) is 10.9 Å². The van der Waals surface area contributed by atoms with Crippen LogP contribution in [0.3, 0.4) is 0 Å². The minimum atomic E-state index is -0.861. The van der Waals surface area contributed by atoms with Gasteiger partial charge in [0.25, 0.3) is 0 Å². The van der Waals surface area contributed by atoms with Crippen molar-refractivity contribution in [2.45, 2.75) is 31.7 Å². The van der Waals surface area contributed by atoms with Gasteiger partial charge in [-0.15, -0.1) is 0 Å². The van der Waals surface area contributed by atoms with E-state index in [9.17, 15) is 9.90 Å². The van der Waals surface area contributed by atoms with Gasteiger partial charge in [-0.25, -0.2) is 4.79 Å². The summed E-state index contributed by atoms with van der Waals surface area (Å²) >= 11 is 3.51. The maximum absolute atomic E-state index is 11.6.